The third kappa shape index (κ3) is 45.2. The van der Waals surface area contributed by atoms with Gasteiger partial charge in [-0.25, -0.2) is 9.13 Å². The molecule has 0 aliphatic carbocycles. The van der Waals surface area contributed by atoms with Gasteiger partial charge < -0.3 is 19.6 Å². The van der Waals surface area contributed by atoms with Gasteiger partial charge in [-0.05, 0) is 0 Å². The maximum absolute atomic E-state index is 9.63. The van der Waals surface area contributed by atoms with Crippen LogP contribution in [0.5, 0.6) is 0 Å². The molecule has 0 aliphatic heterocycles. The fourth-order valence-electron chi connectivity index (χ4n) is 0.139. The van der Waals surface area contributed by atoms with Gasteiger partial charge in [-0.3, -0.25) is 0 Å². The zero-order valence-corrected chi connectivity index (χ0v) is 12.2. The predicted molar refractivity (Wildman–Crippen MR) is 65.5 cm³/mol. The van der Waals surface area contributed by atoms with Crippen LogP contribution in [0.25, 0.3) is 0 Å². The molecule has 0 heterocycles. The van der Waals surface area contributed by atoms with Crippen LogP contribution in [0, 0.1) is 0 Å². The molecule has 7 nitrogen and oxygen atoms in total. The first-order chi connectivity index (χ1) is 4.71. The van der Waals surface area contributed by atoms with E-state index < -0.39 is 15.6 Å². The van der Waals surface area contributed by atoms with E-state index in [1.165, 1.54) is 0 Å². The zero-order valence-electron chi connectivity index (χ0n) is 5.69. The van der Waals surface area contributed by atoms with E-state index in [0.717, 1.165) is 0 Å². The Kier molecular flexibility index (Phi) is 48.1. The van der Waals surface area contributed by atoms with E-state index in [2.05, 4.69) is 4.31 Å². The van der Waals surface area contributed by atoms with E-state index in [0.29, 0.717) is 47.1 Å². The molecule has 0 rings (SSSR count). The topological polar surface area (TPSA) is 124 Å². The molecule has 0 aliphatic rings. The quantitative estimate of drug-likeness (QED) is 0.331. The average molecular weight is 361 g/mol. The molecule has 0 aromatic heterocycles. The van der Waals surface area contributed by atoms with Gasteiger partial charge in [0.05, 0.1) is 0 Å². The fraction of sp³-hybridized carbons (Fsp3) is 0. The monoisotopic (exact) mass is 360 g/mol. The van der Waals surface area contributed by atoms with Crippen LogP contribution in [-0.2, 0) is 13.4 Å². The first-order valence-electron chi connectivity index (χ1n) is 1.91. The first kappa shape index (κ1) is 37.1. The van der Waals surface area contributed by atoms with Crippen molar-refractivity contribution < 1.29 is 33.0 Å². The maximum atomic E-state index is 9.63. The van der Waals surface area contributed by atoms with Gasteiger partial charge in [0.25, 0.3) is 0 Å². The Hall–Kier alpha value is 5.48. The Morgan fingerprint density at radius 3 is 1.00 bits per heavy atom. The number of rotatable bonds is 2. The molecule has 0 saturated carbocycles. The van der Waals surface area contributed by atoms with Crippen molar-refractivity contribution in [2.75, 3.05) is 0 Å². The summed E-state index contributed by atoms with van der Waals surface area (Å²) in [5, 5.41) is 0. The molecule has 0 aromatic rings. The molecule has 15 heavy (non-hydrogen) atoms. The van der Waals surface area contributed by atoms with Crippen LogP contribution in [0.4, 0.5) is 0 Å². The summed E-state index contributed by atoms with van der Waals surface area (Å²) in [6, 6.07) is 0. The normalized spacial score (nSPS) is 8.73. The number of phosphoric acid groups is 2. The van der Waals surface area contributed by atoms with Crippen LogP contribution < -0.4 is 0 Å². The second kappa shape index (κ2) is 19.5. The van der Waals surface area contributed by atoms with Crippen molar-refractivity contribution in [2.24, 2.45) is 0 Å². The summed E-state index contributed by atoms with van der Waals surface area (Å²) in [4.78, 5) is 31.0. The van der Waals surface area contributed by atoms with E-state index in [4.69, 9.17) is 23.3 Å². The van der Waals surface area contributed by atoms with Crippen molar-refractivity contribution in [1.82, 2.24) is 0 Å². The molecular weight excluding hydrogens is 353 g/mol. The summed E-state index contributed by atoms with van der Waals surface area (Å²) >= 11 is 0.535. The summed E-state index contributed by atoms with van der Waals surface area (Å²) in [7, 11) is -10.1. The Bertz CT molecular complexity index is 171. The first-order valence-corrected chi connectivity index (χ1v) is 9.27. The van der Waals surface area contributed by atoms with Gasteiger partial charge in [0.2, 0.25) is 0 Å². The van der Waals surface area contributed by atoms with Crippen LogP contribution in [0.3, 0.4) is 0 Å². The van der Waals surface area contributed by atoms with Crippen molar-refractivity contribution >= 4 is 168 Å². The SMILES string of the molecule is Cl.O=P(O)(O)OP(=O)(O)O.[Cl][K].[NaH].[NaH].[NaH]. The number of hydrogen-bond donors (Lipinski definition) is 4. The van der Waals surface area contributed by atoms with E-state index in [1.54, 1.807) is 0 Å². The molecule has 0 fully saturated rings. The number of halogens is 2. The van der Waals surface area contributed by atoms with Gasteiger partial charge in [0.15, 0.2) is 0 Å². The van der Waals surface area contributed by atoms with Crippen LogP contribution >= 0.6 is 31.8 Å². The Morgan fingerprint density at radius 2 is 1.00 bits per heavy atom. The van der Waals surface area contributed by atoms with Crippen LogP contribution in [0.15, 0.2) is 0 Å². The third-order valence-electron chi connectivity index (χ3n) is 0.213. The Labute approximate surface area is 195 Å². The predicted octanol–water partition coefficient (Wildman–Crippen LogP) is -2.03. The second-order valence-electron chi connectivity index (χ2n) is 1.06. The van der Waals surface area contributed by atoms with Gasteiger partial charge in [-0.2, -0.15) is 4.31 Å². The van der Waals surface area contributed by atoms with Gasteiger partial charge in [0.1, 0.15) is 0 Å². The van der Waals surface area contributed by atoms with E-state index in [9.17, 15) is 9.13 Å². The van der Waals surface area contributed by atoms with Crippen LogP contribution in [0.2, 0.25) is 0 Å². The summed E-state index contributed by atoms with van der Waals surface area (Å²) in [5.74, 6) is 0. The second-order valence-corrected chi connectivity index (χ2v) is 3.68. The molecule has 0 amide bonds. The molecule has 78 valence electrons. The summed E-state index contributed by atoms with van der Waals surface area (Å²) in [6.45, 7) is 0. The molecule has 0 bridgehead atoms. The Morgan fingerprint density at radius 1 is 0.867 bits per heavy atom. The van der Waals surface area contributed by atoms with Crippen LogP contribution in [-0.4, -0.2) is 155 Å². The minimum atomic E-state index is -5.05. The number of hydrogen-bond acceptors (Lipinski definition) is 3. The third-order valence-corrected chi connectivity index (χ3v) is 1.91. The van der Waals surface area contributed by atoms with Gasteiger partial charge in [-0.15, -0.1) is 12.4 Å². The summed E-state index contributed by atoms with van der Waals surface area (Å²) in [5.41, 5.74) is 0. The van der Waals surface area contributed by atoms with E-state index >= 15 is 0 Å². The van der Waals surface area contributed by atoms with Gasteiger partial charge >= 0.3 is 155 Å². The van der Waals surface area contributed by atoms with Crippen molar-refractivity contribution in [3.8, 4) is 0 Å². The molecule has 4 N–H and O–H groups in total. The molecule has 15 heteroatoms. The Balaban J connectivity index is -0.0000000317. The molecule has 0 saturated heterocycles. The van der Waals surface area contributed by atoms with Crippen LogP contribution in [0.1, 0.15) is 0 Å². The molecule has 0 aromatic carbocycles. The molecular formula is H8Cl2KNa3O7P2. The summed E-state index contributed by atoms with van der Waals surface area (Å²) < 4.78 is 27.0. The summed E-state index contributed by atoms with van der Waals surface area (Å²) in [6.07, 6.45) is 0. The zero-order chi connectivity index (χ0) is 9.71. The van der Waals surface area contributed by atoms with Crippen molar-refractivity contribution in [1.29, 1.82) is 0 Å². The van der Waals surface area contributed by atoms with Crippen molar-refractivity contribution in [3.05, 3.63) is 0 Å². The standard InChI is InChI=1S/2ClH.K.3Na.H4O7P2.3H/c;;;;;;1-8(2,3)7-9(4,5)6;;;/h2*1H;;;;;(H2,1,2,3)(H2,4,5,6);;;/q;;+1;;;;;;;/p-1. The van der Waals surface area contributed by atoms with E-state index in [-0.39, 0.29) is 101 Å². The van der Waals surface area contributed by atoms with Crippen molar-refractivity contribution in [3.63, 3.8) is 0 Å². The van der Waals surface area contributed by atoms with Gasteiger partial charge in [-0.1, -0.05) is 0 Å². The molecule has 0 spiro atoms. The molecule has 0 radical (unpaired) electrons. The molecule has 0 unspecified atom stereocenters. The fourth-order valence-corrected chi connectivity index (χ4v) is 1.25. The average Bonchev–Trinajstić information content (AvgIpc) is 1.60. The van der Waals surface area contributed by atoms with Gasteiger partial charge in [0, 0.05) is 0 Å². The van der Waals surface area contributed by atoms with E-state index in [1.807, 2.05) is 0 Å². The van der Waals surface area contributed by atoms with Crippen molar-refractivity contribution in [2.45, 2.75) is 0 Å². The minimum absolute atomic E-state index is 0. The molecule has 0 atom stereocenters.